The molecule has 0 saturated carbocycles. The highest BCUT2D eigenvalue weighted by molar-refractivity contribution is 5.82. The van der Waals surface area contributed by atoms with Crippen molar-refractivity contribution < 1.29 is 9.53 Å². The molecule has 1 atom stereocenters. The lowest BCUT2D eigenvalue weighted by molar-refractivity contribution is -0.119. The van der Waals surface area contributed by atoms with E-state index < -0.39 is 0 Å². The van der Waals surface area contributed by atoms with Gasteiger partial charge in [-0.1, -0.05) is 18.2 Å². The molecule has 0 radical (unpaired) electrons. The van der Waals surface area contributed by atoms with Crippen molar-refractivity contribution in [3.8, 4) is 5.75 Å². The maximum atomic E-state index is 11.3. The molecular weight excluding hydrogens is 216 g/mol. The number of carbonyl (C=O) groups excluding carboxylic acids is 1. The fraction of sp³-hybridized carbons (Fsp3) is 0.308. The molecule has 4 N–H and O–H groups in total. The molecule has 0 heterocycles. The Morgan fingerprint density at radius 1 is 1.41 bits per heavy atom. The number of ether oxygens (including phenoxy) is 1. The summed E-state index contributed by atoms with van der Waals surface area (Å²) in [4.78, 5) is 11.3. The first-order chi connectivity index (χ1) is 8.19. The van der Waals surface area contributed by atoms with Crippen LogP contribution in [0.15, 0.2) is 36.9 Å². The molecule has 1 amide bonds. The average molecular weight is 234 g/mol. The Labute approximate surface area is 101 Å². The molecule has 17 heavy (non-hydrogen) atoms. The quantitative estimate of drug-likeness (QED) is 0.695. The minimum atomic E-state index is -0.347. The van der Waals surface area contributed by atoms with Gasteiger partial charge < -0.3 is 16.2 Å². The largest absolute Gasteiger partial charge is 0.492 e. The molecule has 0 saturated heterocycles. The molecule has 0 aliphatic carbocycles. The van der Waals surface area contributed by atoms with Crippen LogP contribution in [-0.4, -0.2) is 19.1 Å². The van der Waals surface area contributed by atoms with E-state index in [-0.39, 0.29) is 11.8 Å². The van der Waals surface area contributed by atoms with Crippen molar-refractivity contribution in [2.45, 2.75) is 12.3 Å². The number of hydrogen-bond acceptors (Lipinski definition) is 3. The van der Waals surface area contributed by atoms with Crippen LogP contribution in [0.1, 0.15) is 17.9 Å². The normalized spacial score (nSPS) is 11.8. The maximum Gasteiger partial charge on any atom is 0.225 e. The van der Waals surface area contributed by atoms with Crippen LogP contribution in [0.2, 0.25) is 0 Å². The molecule has 0 aliphatic heterocycles. The third-order valence-corrected chi connectivity index (χ3v) is 2.41. The molecule has 1 unspecified atom stereocenters. The van der Waals surface area contributed by atoms with Crippen LogP contribution in [0.3, 0.4) is 0 Å². The number of amides is 1. The van der Waals surface area contributed by atoms with Gasteiger partial charge in [0.1, 0.15) is 12.4 Å². The highest BCUT2D eigenvalue weighted by Gasteiger charge is 2.15. The van der Waals surface area contributed by atoms with E-state index in [2.05, 4.69) is 6.58 Å². The fourth-order valence-corrected chi connectivity index (χ4v) is 1.56. The zero-order chi connectivity index (χ0) is 12.7. The van der Waals surface area contributed by atoms with Crippen molar-refractivity contribution in [1.82, 2.24) is 0 Å². The first-order valence-corrected chi connectivity index (χ1v) is 5.52. The van der Waals surface area contributed by atoms with E-state index in [0.29, 0.717) is 19.6 Å². The predicted octanol–water partition coefficient (Wildman–Crippen LogP) is 1.17. The predicted molar refractivity (Wildman–Crippen MR) is 67.7 cm³/mol. The zero-order valence-corrected chi connectivity index (χ0v) is 9.76. The summed E-state index contributed by atoms with van der Waals surface area (Å²) in [5, 5.41) is 0. The van der Waals surface area contributed by atoms with Gasteiger partial charge in [0.25, 0.3) is 0 Å². The Bertz CT molecular complexity index is 374. The number of hydrogen-bond donors (Lipinski definition) is 2. The second kappa shape index (κ2) is 6.70. The van der Waals surface area contributed by atoms with Gasteiger partial charge >= 0.3 is 0 Å². The standard InChI is InChI=1S/C13H18N2O2/c1-2-3-12(13(15)16)10-4-6-11(7-5-10)17-9-8-14/h2,4-7,12H,1,3,8-9,14H2,(H2,15,16). The molecule has 0 spiro atoms. The summed E-state index contributed by atoms with van der Waals surface area (Å²) in [6, 6.07) is 7.30. The molecule has 0 aliphatic rings. The fourth-order valence-electron chi connectivity index (χ4n) is 1.56. The number of allylic oxidation sites excluding steroid dienone is 1. The Hall–Kier alpha value is -1.81. The molecule has 1 aromatic carbocycles. The summed E-state index contributed by atoms with van der Waals surface area (Å²) in [6.07, 6.45) is 2.23. The van der Waals surface area contributed by atoms with Crippen LogP contribution >= 0.6 is 0 Å². The Balaban J connectivity index is 2.76. The summed E-state index contributed by atoms with van der Waals surface area (Å²) in [6.45, 7) is 4.57. The molecule has 0 bridgehead atoms. The summed E-state index contributed by atoms with van der Waals surface area (Å²) in [7, 11) is 0. The average Bonchev–Trinajstić information content (AvgIpc) is 2.34. The number of benzene rings is 1. The van der Waals surface area contributed by atoms with Gasteiger partial charge in [0, 0.05) is 6.54 Å². The van der Waals surface area contributed by atoms with Gasteiger partial charge in [-0.15, -0.1) is 6.58 Å². The van der Waals surface area contributed by atoms with Crippen LogP contribution in [0, 0.1) is 0 Å². The number of primary amides is 1. The van der Waals surface area contributed by atoms with Crippen molar-refractivity contribution in [3.05, 3.63) is 42.5 Å². The molecule has 0 aromatic heterocycles. The van der Waals surface area contributed by atoms with Gasteiger partial charge in [-0.2, -0.15) is 0 Å². The van der Waals surface area contributed by atoms with Crippen molar-refractivity contribution >= 4 is 5.91 Å². The lowest BCUT2D eigenvalue weighted by atomic mass is 9.95. The van der Waals surface area contributed by atoms with Gasteiger partial charge in [-0.3, -0.25) is 4.79 Å². The SMILES string of the molecule is C=CCC(C(N)=O)c1ccc(OCCN)cc1. The minimum Gasteiger partial charge on any atom is -0.492 e. The van der Waals surface area contributed by atoms with Gasteiger partial charge in [0.2, 0.25) is 5.91 Å². The molecule has 1 aromatic rings. The van der Waals surface area contributed by atoms with Gasteiger partial charge in [0.15, 0.2) is 0 Å². The monoisotopic (exact) mass is 234 g/mol. The van der Waals surface area contributed by atoms with Crippen LogP contribution in [0.25, 0.3) is 0 Å². The smallest absolute Gasteiger partial charge is 0.225 e. The molecule has 92 valence electrons. The summed E-state index contributed by atoms with van der Waals surface area (Å²) >= 11 is 0. The number of nitrogens with two attached hydrogens (primary N) is 2. The van der Waals surface area contributed by atoms with Gasteiger partial charge in [0.05, 0.1) is 5.92 Å². The van der Waals surface area contributed by atoms with Crippen LogP contribution in [-0.2, 0) is 4.79 Å². The van der Waals surface area contributed by atoms with Crippen molar-refractivity contribution in [2.24, 2.45) is 11.5 Å². The first-order valence-electron chi connectivity index (χ1n) is 5.52. The second-order valence-electron chi connectivity index (χ2n) is 3.69. The first kappa shape index (κ1) is 13.3. The van der Waals surface area contributed by atoms with Crippen LogP contribution in [0.5, 0.6) is 5.75 Å². The second-order valence-corrected chi connectivity index (χ2v) is 3.69. The summed E-state index contributed by atoms with van der Waals surface area (Å²) in [5.74, 6) is 0.0672. The number of rotatable bonds is 7. The molecule has 4 nitrogen and oxygen atoms in total. The lowest BCUT2D eigenvalue weighted by Crippen LogP contribution is -2.20. The van der Waals surface area contributed by atoms with E-state index in [1.807, 2.05) is 24.3 Å². The van der Waals surface area contributed by atoms with Crippen molar-refractivity contribution in [3.63, 3.8) is 0 Å². The lowest BCUT2D eigenvalue weighted by Gasteiger charge is -2.12. The summed E-state index contributed by atoms with van der Waals surface area (Å²) in [5.41, 5.74) is 11.5. The van der Waals surface area contributed by atoms with E-state index in [0.717, 1.165) is 11.3 Å². The third kappa shape index (κ3) is 3.92. The third-order valence-electron chi connectivity index (χ3n) is 2.41. The van der Waals surface area contributed by atoms with Crippen LogP contribution in [0.4, 0.5) is 0 Å². The highest BCUT2D eigenvalue weighted by Crippen LogP contribution is 2.22. The maximum absolute atomic E-state index is 11.3. The number of carbonyl (C=O) groups is 1. The molecule has 1 rings (SSSR count). The van der Waals surface area contributed by atoms with Gasteiger partial charge in [-0.05, 0) is 24.1 Å². The van der Waals surface area contributed by atoms with Crippen molar-refractivity contribution in [2.75, 3.05) is 13.2 Å². The Morgan fingerprint density at radius 3 is 2.53 bits per heavy atom. The van der Waals surface area contributed by atoms with E-state index >= 15 is 0 Å². The molecule has 4 heteroatoms. The minimum absolute atomic E-state index is 0.323. The van der Waals surface area contributed by atoms with E-state index in [9.17, 15) is 4.79 Å². The van der Waals surface area contributed by atoms with Crippen LogP contribution < -0.4 is 16.2 Å². The topological polar surface area (TPSA) is 78.3 Å². The highest BCUT2D eigenvalue weighted by atomic mass is 16.5. The molecule has 0 fully saturated rings. The summed E-state index contributed by atoms with van der Waals surface area (Å²) < 4.78 is 5.35. The van der Waals surface area contributed by atoms with Crippen molar-refractivity contribution in [1.29, 1.82) is 0 Å². The molecular formula is C13H18N2O2. The Morgan fingerprint density at radius 2 is 2.06 bits per heavy atom. The zero-order valence-electron chi connectivity index (χ0n) is 9.76. The van der Waals surface area contributed by atoms with Gasteiger partial charge in [-0.25, -0.2) is 0 Å². The van der Waals surface area contributed by atoms with E-state index in [1.165, 1.54) is 0 Å². The Kier molecular flexibility index (Phi) is 5.23. The van der Waals surface area contributed by atoms with E-state index in [4.69, 9.17) is 16.2 Å². The van der Waals surface area contributed by atoms with E-state index in [1.54, 1.807) is 6.08 Å².